The first-order chi connectivity index (χ1) is 10.1. The molecule has 2 N–H and O–H groups in total. The minimum absolute atomic E-state index is 0.186. The lowest BCUT2D eigenvalue weighted by molar-refractivity contribution is -0.129. The number of aromatic nitrogens is 2. The molecule has 2 aromatic rings. The number of likely N-dealkylation sites (tertiary alicyclic amines) is 1. The van der Waals surface area contributed by atoms with Crippen LogP contribution in [0.2, 0.25) is 0 Å². The van der Waals surface area contributed by atoms with Gasteiger partial charge in [0.15, 0.2) is 0 Å². The Kier molecular flexibility index (Phi) is 3.64. The molecule has 0 aliphatic carbocycles. The number of carbonyl (C=O) groups is 1. The molecule has 1 unspecified atom stereocenters. The topological polar surface area (TPSA) is 64.2 Å². The van der Waals surface area contributed by atoms with E-state index in [9.17, 15) is 4.79 Å². The van der Waals surface area contributed by atoms with Crippen molar-refractivity contribution >= 4 is 11.6 Å². The molecule has 0 radical (unpaired) electrons. The van der Waals surface area contributed by atoms with Crippen LogP contribution in [0, 0.1) is 0 Å². The van der Waals surface area contributed by atoms with Crippen LogP contribution in [-0.2, 0) is 18.3 Å². The Bertz CT molecular complexity index is 632. The van der Waals surface area contributed by atoms with Crippen LogP contribution in [0.5, 0.6) is 0 Å². The second kappa shape index (κ2) is 5.60. The summed E-state index contributed by atoms with van der Waals surface area (Å²) in [4.78, 5) is 14.3. The van der Waals surface area contributed by atoms with Crippen molar-refractivity contribution in [2.75, 3.05) is 18.8 Å². The van der Waals surface area contributed by atoms with Crippen LogP contribution >= 0.6 is 0 Å². The first-order valence-electron chi connectivity index (χ1n) is 7.22. The number of anilines is 1. The fourth-order valence-corrected chi connectivity index (χ4v) is 2.83. The Morgan fingerprint density at radius 2 is 2.14 bits per heavy atom. The van der Waals surface area contributed by atoms with Crippen LogP contribution in [0.1, 0.15) is 23.5 Å². The fraction of sp³-hybridized carbons (Fsp3) is 0.375. The van der Waals surface area contributed by atoms with Crippen LogP contribution in [0.3, 0.4) is 0 Å². The molecule has 1 saturated heterocycles. The normalized spacial score (nSPS) is 18.1. The number of carbonyl (C=O) groups excluding carboxylic acids is 1. The third-order valence-corrected chi connectivity index (χ3v) is 4.07. The van der Waals surface area contributed by atoms with Gasteiger partial charge in [-0.05, 0) is 29.7 Å². The van der Waals surface area contributed by atoms with E-state index in [1.54, 1.807) is 0 Å². The lowest BCUT2D eigenvalue weighted by atomic mass is 10.0. The Morgan fingerprint density at radius 3 is 2.81 bits per heavy atom. The monoisotopic (exact) mass is 284 g/mol. The van der Waals surface area contributed by atoms with E-state index in [2.05, 4.69) is 5.10 Å². The number of hydrogen-bond acceptors (Lipinski definition) is 3. The fourth-order valence-electron chi connectivity index (χ4n) is 2.83. The zero-order valence-electron chi connectivity index (χ0n) is 12.2. The average Bonchev–Trinajstić information content (AvgIpc) is 3.10. The summed E-state index contributed by atoms with van der Waals surface area (Å²) in [6, 6.07) is 7.51. The van der Waals surface area contributed by atoms with E-state index >= 15 is 0 Å². The molecule has 1 amide bonds. The van der Waals surface area contributed by atoms with Gasteiger partial charge in [-0.2, -0.15) is 5.10 Å². The van der Waals surface area contributed by atoms with Crippen molar-refractivity contribution in [3.63, 3.8) is 0 Å². The molecular formula is C16H20N4O. The predicted molar refractivity (Wildman–Crippen MR) is 81.7 cm³/mol. The molecule has 0 bridgehead atoms. The van der Waals surface area contributed by atoms with Crippen LogP contribution < -0.4 is 5.73 Å². The van der Waals surface area contributed by atoms with Gasteiger partial charge in [-0.1, -0.05) is 12.1 Å². The van der Waals surface area contributed by atoms with Gasteiger partial charge < -0.3 is 10.6 Å². The molecule has 1 aliphatic rings. The van der Waals surface area contributed by atoms with Gasteiger partial charge in [-0.3, -0.25) is 9.48 Å². The van der Waals surface area contributed by atoms with Crippen LogP contribution in [-0.4, -0.2) is 33.7 Å². The van der Waals surface area contributed by atoms with Gasteiger partial charge in [0.2, 0.25) is 5.91 Å². The van der Waals surface area contributed by atoms with E-state index < -0.39 is 0 Å². The number of nitrogens with two attached hydrogens (primary N) is 1. The van der Waals surface area contributed by atoms with Crippen molar-refractivity contribution in [3.05, 3.63) is 47.8 Å². The quantitative estimate of drug-likeness (QED) is 0.870. The van der Waals surface area contributed by atoms with Crippen LogP contribution in [0.15, 0.2) is 36.7 Å². The number of hydrogen-bond donors (Lipinski definition) is 1. The lowest BCUT2D eigenvalue weighted by Crippen LogP contribution is -2.29. The number of nitrogen functional groups attached to an aromatic ring is 1. The smallest absolute Gasteiger partial charge is 0.227 e. The predicted octanol–water partition coefficient (Wildman–Crippen LogP) is 1.56. The summed E-state index contributed by atoms with van der Waals surface area (Å²) in [5.74, 6) is 0.597. The van der Waals surface area contributed by atoms with E-state index in [0.717, 1.165) is 30.8 Å². The van der Waals surface area contributed by atoms with E-state index in [1.165, 1.54) is 5.56 Å². The summed E-state index contributed by atoms with van der Waals surface area (Å²) >= 11 is 0. The first kappa shape index (κ1) is 13.7. The van der Waals surface area contributed by atoms with Crippen LogP contribution in [0.4, 0.5) is 5.69 Å². The molecule has 0 saturated carbocycles. The van der Waals surface area contributed by atoms with Gasteiger partial charge in [-0.15, -0.1) is 0 Å². The Hall–Kier alpha value is -2.30. The van der Waals surface area contributed by atoms with Crippen molar-refractivity contribution in [1.29, 1.82) is 0 Å². The third kappa shape index (κ3) is 3.07. The first-order valence-corrected chi connectivity index (χ1v) is 7.22. The van der Waals surface area contributed by atoms with Crippen LogP contribution in [0.25, 0.3) is 0 Å². The molecule has 1 aromatic heterocycles. The summed E-state index contributed by atoms with van der Waals surface area (Å²) < 4.78 is 1.81. The summed E-state index contributed by atoms with van der Waals surface area (Å²) in [6.07, 6.45) is 5.40. The molecule has 2 heterocycles. The van der Waals surface area contributed by atoms with E-state index in [4.69, 9.17) is 5.73 Å². The molecule has 5 heteroatoms. The van der Waals surface area contributed by atoms with E-state index in [0.29, 0.717) is 12.3 Å². The standard InChI is InChI=1S/C16H20N4O/c1-19-10-14(9-18-19)13-6-7-20(11-13)16(21)8-12-2-4-15(17)5-3-12/h2-5,9-10,13H,6-8,11,17H2,1H3. The lowest BCUT2D eigenvalue weighted by Gasteiger charge is -2.16. The number of nitrogens with zero attached hydrogens (tertiary/aromatic N) is 3. The maximum atomic E-state index is 12.4. The zero-order valence-corrected chi connectivity index (χ0v) is 12.2. The molecule has 5 nitrogen and oxygen atoms in total. The molecule has 3 rings (SSSR count). The highest BCUT2D eigenvalue weighted by Gasteiger charge is 2.27. The molecule has 1 fully saturated rings. The second-order valence-electron chi connectivity index (χ2n) is 5.69. The molecular weight excluding hydrogens is 264 g/mol. The Morgan fingerprint density at radius 1 is 1.38 bits per heavy atom. The zero-order chi connectivity index (χ0) is 14.8. The van der Waals surface area contributed by atoms with Gasteiger partial charge in [0, 0.05) is 37.9 Å². The van der Waals surface area contributed by atoms with Crippen molar-refractivity contribution in [1.82, 2.24) is 14.7 Å². The highest BCUT2D eigenvalue weighted by Crippen LogP contribution is 2.27. The molecule has 21 heavy (non-hydrogen) atoms. The summed E-state index contributed by atoms with van der Waals surface area (Å²) in [5, 5.41) is 4.21. The van der Waals surface area contributed by atoms with Crippen molar-refractivity contribution in [3.8, 4) is 0 Å². The number of rotatable bonds is 3. The summed E-state index contributed by atoms with van der Waals surface area (Å²) in [5.41, 5.74) is 8.62. The van der Waals surface area contributed by atoms with Crippen molar-refractivity contribution in [2.45, 2.75) is 18.8 Å². The van der Waals surface area contributed by atoms with Gasteiger partial charge in [0.1, 0.15) is 0 Å². The van der Waals surface area contributed by atoms with Crippen molar-refractivity contribution in [2.24, 2.45) is 7.05 Å². The average molecular weight is 284 g/mol. The summed E-state index contributed by atoms with van der Waals surface area (Å²) in [7, 11) is 1.92. The number of amides is 1. The van der Waals surface area contributed by atoms with Gasteiger partial charge >= 0.3 is 0 Å². The minimum atomic E-state index is 0.186. The Balaban J connectivity index is 1.60. The largest absolute Gasteiger partial charge is 0.399 e. The minimum Gasteiger partial charge on any atom is -0.399 e. The van der Waals surface area contributed by atoms with Crippen molar-refractivity contribution < 1.29 is 4.79 Å². The van der Waals surface area contributed by atoms with E-state index in [-0.39, 0.29) is 5.91 Å². The molecule has 1 aromatic carbocycles. The van der Waals surface area contributed by atoms with Gasteiger partial charge in [-0.25, -0.2) is 0 Å². The molecule has 110 valence electrons. The third-order valence-electron chi connectivity index (χ3n) is 4.07. The Labute approximate surface area is 124 Å². The second-order valence-corrected chi connectivity index (χ2v) is 5.69. The molecule has 0 spiro atoms. The maximum Gasteiger partial charge on any atom is 0.227 e. The molecule has 1 aliphatic heterocycles. The number of aryl methyl sites for hydroxylation is 1. The van der Waals surface area contributed by atoms with Gasteiger partial charge in [0.25, 0.3) is 0 Å². The number of benzene rings is 1. The van der Waals surface area contributed by atoms with Gasteiger partial charge in [0.05, 0.1) is 12.6 Å². The molecule has 1 atom stereocenters. The maximum absolute atomic E-state index is 12.4. The highest BCUT2D eigenvalue weighted by atomic mass is 16.2. The highest BCUT2D eigenvalue weighted by molar-refractivity contribution is 5.79. The summed E-state index contributed by atoms with van der Waals surface area (Å²) in [6.45, 7) is 1.62. The SMILES string of the molecule is Cn1cc(C2CCN(C(=O)Cc3ccc(N)cc3)C2)cn1. The van der Waals surface area contributed by atoms with E-state index in [1.807, 2.05) is 53.3 Å².